The number of guanidine groups is 1. The second kappa shape index (κ2) is 10.9. The first-order valence-electron chi connectivity index (χ1n) is 7.89. The van der Waals surface area contributed by atoms with Gasteiger partial charge in [0.2, 0.25) is 0 Å². The fourth-order valence-electron chi connectivity index (χ4n) is 2.07. The quantitative estimate of drug-likeness (QED) is 0.405. The highest BCUT2D eigenvalue weighted by Crippen LogP contribution is 2.14. The fourth-order valence-corrected chi connectivity index (χ4v) is 2.07. The van der Waals surface area contributed by atoms with Crippen molar-refractivity contribution in [2.75, 3.05) is 40.0 Å². The van der Waals surface area contributed by atoms with Gasteiger partial charge in [-0.1, -0.05) is 6.92 Å². The van der Waals surface area contributed by atoms with Gasteiger partial charge in [-0.3, -0.25) is 4.99 Å². The first-order valence-corrected chi connectivity index (χ1v) is 7.89. The van der Waals surface area contributed by atoms with E-state index >= 15 is 0 Å². The maximum absolute atomic E-state index is 5.74. The van der Waals surface area contributed by atoms with Crippen molar-refractivity contribution in [2.24, 2.45) is 10.9 Å². The minimum absolute atomic E-state index is 0.450. The predicted octanol–water partition coefficient (Wildman–Crippen LogP) is 1.78. The second-order valence-electron chi connectivity index (χ2n) is 5.44. The van der Waals surface area contributed by atoms with Gasteiger partial charge in [-0.15, -0.1) is 0 Å². The van der Waals surface area contributed by atoms with Crippen LogP contribution in [-0.2, 0) is 9.47 Å². The van der Waals surface area contributed by atoms with Gasteiger partial charge in [0, 0.05) is 46.1 Å². The third-order valence-electron chi connectivity index (χ3n) is 3.67. The minimum Gasteiger partial charge on any atom is -0.381 e. The Morgan fingerprint density at radius 3 is 2.80 bits per heavy atom. The molecule has 0 aromatic heterocycles. The van der Waals surface area contributed by atoms with Crippen LogP contribution in [0, 0.1) is 5.92 Å². The molecule has 2 N–H and O–H groups in total. The molecule has 0 saturated carbocycles. The summed E-state index contributed by atoms with van der Waals surface area (Å²) in [5.41, 5.74) is 0. The maximum Gasteiger partial charge on any atom is 0.191 e. The van der Waals surface area contributed by atoms with E-state index in [0.29, 0.717) is 12.0 Å². The van der Waals surface area contributed by atoms with Gasteiger partial charge in [0.1, 0.15) is 0 Å². The molecule has 0 radical (unpaired) electrons. The zero-order valence-electron chi connectivity index (χ0n) is 13.3. The van der Waals surface area contributed by atoms with Crippen LogP contribution in [0.2, 0.25) is 0 Å². The van der Waals surface area contributed by atoms with E-state index in [1.807, 2.05) is 0 Å². The topological polar surface area (TPSA) is 54.9 Å². The number of nitrogens with zero attached hydrogens (tertiary/aromatic N) is 1. The van der Waals surface area contributed by atoms with E-state index < -0.39 is 0 Å². The number of hydrogen-bond acceptors (Lipinski definition) is 3. The Hall–Kier alpha value is -0.810. The average Bonchev–Trinajstić information content (AvgIpc) is 2.50. The summed E-state index contributed by atoms with van der Waals surface area (Å²) in [5, 5.41) is 6.66. The highest BCUT2D eigenvalue weighted by Gasteiger charge is 2.13. The maximum atomic E-state index is 5.74. The van der Waals surface area contributed by atoms with Gasteiger partial charge in [0.15, 0.2) is 5.96 Å². The van der Waals surface area contributed by atoms with Gasteiger partial charge in [-0.05, 0) is 38.5 Å². The first-order chi connectivity index (χ1) is 9.76. The Labute approximate surface area is 123 Å². The van der Waals surface area contributed by atoms with Crippen LogP contribution >= 0.6 is 0 Å². The molecular weight excluding hydrogens is 254 g/mol. The van der Waals surface area contributed by atoms with E-state index in [1.165, 1.54) is 0 Å². The second-order valence-corrected chi connectivity index (χ2v) is 5.44. The smallest absolute Gasteiger partial charge is 0.191 e. The summed E-state index contributed by atoms with van der Waals surface area (Å²) in [6.45, 7) is 8.69. The van der Waals surface area contributed by atoms with Crippen LogP contribution in [0.4, 0.5) is 0 Å². The van der Waals surface area contributed by atoms with Crippen molar-refractivity contribution in [3.63, 3.8) is 0 Å². The average molecular weight is 285 g/mol. The summed E-state index contributed by atoms with van der Waals surface area (Å²) in [7, 11) is 1.80. The molecule has 1 unspecified atom stereocenters. The zero-order valence-corrected chi connectivity index (χ0v) is 13.3. The van der Waals surface area contributed by atoms with Crippen LogP contribution in [0.1, 0.15) is 39.5 Å². The predicted molar refractivity (Wildman–Crippen MR) is 83.2 cm³/mol. The van der Waals surface area contributed by atoms with Gasteiger partial charge in [0.25, 0.3) is 0 Å². The summed E-state index contributed by atoms with van der Waals surface area (Å²) in [4.78, 5) is 4.21. The van der Waals surface area contributed by atoms with E-state index in [9.17, 15) is 0 Å². The number of hydrogen-bond donors (Lipinski definition) is 2. The van der Waals surface area contributed by atoms with Crippen molar-refractivity contribution in [2.45, 2.75) is 45.6 Å². The molecule has 0 bridgehead atoms. The van der Waals surface area contributed by atoms with Crippen molar-refractivity contribution in [1.29, 1.82) is 0 Å². The van der Waals surface area contributed by atoms with Crippen LogP contribution in [0.25, 0.3) is 0 Å². The van der Waals surface area contributed by atoms with Crippen LogP contribution in [0.5, 0.6) is 0 Å². The molecule has 1 saturated heterocycles. The fraction of sp³-hybridized carbons (Fsp3) is 0.933. The Kier molecular flexibility index (Phi) is 9.41. The Morgan fingerprint density at radius 1 is 1.40 bits per heavy atom. The molecule has 1 rings (SSSR count). The van der Waals surface area contributed by atoms with Crippen molar-refractivity contribution in [3.8, 4) is 0 Å². The summed E-state index contributed by atoms with van der Waals surface area (Å²) in [5.74, 6) is 1.57. The molecule has 0 aromatic rings. The van der Waals surface area contributed by atoms with E-state index in [2.05, 4.69) is 29.5 Å². The van der Waals surface area contributed by atoms with E-state index in [1.54, 1.807) is 7.05 Å². The molecule has 118 valence electrons. The highest BCUT2D eigenvalue weighted by atomic mass is 16.5. The van der Waals surface area contributed by atoms with E-state index in [0.717, 1.165) is 64.6 Å². The molecular formula is C15H31N3O2. The highest BCUT2D eigenvalue weighted by molar-refractivity contribution is 5.79. The van der Waals surface area contributed by atoms with Gasteiger partial charge < -0.3 is 20.1 Å². The normalized spacial score (nSPS) is 18.9. The van der Waals surface area contributed by atoms with E-state index in [4.69, 9.17) is 9.47 Å². The third-order valence-corrected chi connectivity index (χ3v) is 3.67. The minimum atomic E-state index is 0.450. The molecule has 1 heterocycles. The number of nitrogens with one attached hydrogen (secondary N) is 2. The molecule has 20 heavy (non-hydrogen) atoms. The van der Waals surface area contributed by atoms with Crippen LogP contribution in [0.15, 0.2) is 4.99 Å². The zero-order chi connectivity index (χ0) is 14.6. The number of aliphatic imine (C=N–C) groups is 1. The van der Waals surface area contributed by atoms with E-state index in [-0.39, 0.29) is 0 Å². The molecule has 1 aliphatic rings. The Bertz CT molecular complexity index is 266. The van der Waals surface area contributed by atoms with Gasteiger partial charge in [-0.2, -0.15) is 0 Å². The Morgan fingerprint density at radius 2 is 2.15 bits per heavy atom. The third kappa shape index (κ3) is 7.70. The molecule has 0 amide bonds. The molecule has 1 atom stereocenters. The summed E-state index contributed by atoms with van der Waals surface area (Å²) in [6, 6.07) is 0.450. The lowest BCUT2D eigenvalue weighted by Crippen LogP contribution is -2.42. The lowest BCUT2D eigenvalue weighted by Gasteiger charge is -2.21. The molecule has 5 heteroatoms. The monoisotopic (exact) mass is 285 g/mol. The van der Waals surface area contributed by atoms with Gasteiger partial charge in [-0.25, -0.2) is 0 Å². The SMILES string of the molecule is CCC(C)NC(=NC)NCCCOCC1CCOCC1. The molecule has 1 fully saturated rings. The number of rotatable bonds is 8. The Balaban J connectivity index is 1.97. The van der Waals surface area contributed by atoms with Crippen molar-refractivity contribution >= 4 is 5.96 Å². The lowest BCUT2D eigenvalue weighted by atomic mass is 10.0. The standard InChI is InChI=1S/C15H31N3O2/c1-4-13(2)18-15(16-3)17-8-5-9-20-12-14-6-10-19-11-7-14/h13-14H,4-12H2,1-3H3,(H2,16,17,18). The first kappa shape index (κ1) is 17.2. The van der Waals surface area contributed by atoms with Crippen molar-refractivity contribution < 1.29 is 9.47 Å². The van der Waals surface area contributed by atoms with Crippen LogP contribution < -0.4 is 10.6 Å². The largest absolute Gasteiger partial charge is 0.381 e. The molecule has 0 spiro atoms. The summed E-state index contributed by atoms with van der Waals surface area (Å²) in [6.07, 6.45) is 4.38. The van der Waals surface area contributed by atoms with Gasteiger partial charge in [0.05, 0.1) is 0 Å². The van der Waals surface area contributed by atoms with Crippen LogP contribution in [0.3, 0.4) is 0 Å². The lowest BCUT2D eigenvalue weighted by molar-refractivity contribution is 0.0203. The summed E-state index contributed by atoms with van der Waals surface area (Å²) < 4.78 is 11.1. The molecule has 5 nitrogen and oxygen atoms in total. The van der Waals surface area contributed by atoms with Crippen molar-refractivity contribution in [3.05, 3.63) is 0 Å². The number of ether oxygens (including phenoxy) is 2. The summed E-state index contributed by atoms with van der Waals surface area (Å²) >= 11 is 0. The molecule has 0 aromatic carbocycles. The van der Waals surface area contributed by atoms with Gasteiger partial charge >= 0.3 is 0 Å². The molecule has 0 aliphatic carbocycles. The molecule has 1 aliphatic heterocycles. The van der Waals surface area contributed by atoms with Crippen LogP contribution in [-0.4, -0.2) is 52.0 Å². The van der Waals surface area contributed by atoms with Crippen molar-refractivity contribution in [1.82, 2.24) is 10.6 Å².